The number of hydrogen-bond acceptors (Lipinski definition) is 3. The Labute approximate surface area is 119 Å². The third-order valence-electron chi connectivity index (χ3n) is 3.31. The number of rotatable bonds is 4. The molecule has 5 nitrogen and oxygen atoms in total. The van der Waals surface area contributed by atoms with Crippen LogP contribution in [0.1, 0.15) is 47.5 Å². The van der Waals surface area contributed by atoms with Gasteiger partial charge in [-0.2, -0.15) is 0 Å². The molecule has 0 radical (unpaired) electrons. The van der Waals surface area contributed by atoms with E-state index in [1.54, 1.807) is 17.0 Å². The summed E-state index contributed by atoms with van der Waals surface area (Å²) in [6, 6.07) is 3.22. The van der Waals surface area contributed by atoms with Gasteiger partial charge in [-0.05, 0) is 30.9 Å². The predicted octanol–water partition coefficient (Wildman–Crippen LogP) is 1.70. The molecule has 0 spiro atoms. The van der Waals surface area contributed by atoms with Crippen LogP contribution in [0, 0.1) is 5.92 Å². The van der Waals surface area contributed by atoms with Gasteiger partial charge in [0.05, 0.1) is 0 Å². The van der Waals surface area contributed by atoms with E-state index in [1.807, 2.05) is 13.8 Å². The summed E-state index contributed by atoms with van der Waals surface area (Å²) in [6.07, 6.45) is 3.61. The number of nitrogens with one attached hydrogen (secondary N) is 1. The van der Waals surface area contributed by atoms with Gasteiger partial charge in [-0.3, -0.25) is 14.6 Å². The van der Waals surface area contributed by atoms with Crippen LogP contribution in [0.25, 0.3) is 0 Å². The van der Waals surface area contributed by atoms with Gasteiger partial charge in [0.1, 0.15) is 5.69 Å². The molecule has 5 heteroatoms. The van der Waals surface area contributed by atoms with Gasteiger partial charge in [0, 0.05) is 31.4 Å². The topological polar surface area (TPSA) is 62.3 Å². The average Bonchev–Trinajstić information content (AvgIpc) is 2.98. The summed E-state index contributed by atoms with van der Waals surface area (Å²) in [5.74, 6) is 0.157. The Hall–Kier alpha value is -1.91. The zero-order valence-corrected chi connectivity index (χ0v) is 12.1. The van der Waals surface area contributed by atoms with Crippen molar-refractivity contribution in [3.05, 3.63) is 29.6 Å². The smallest absolute Gasteiger partial charge is 0.272 e. The first-order valence-corrected chi connectivity index (χ1v) is 7.11. The number of pyridine rings is 1. The molecule has 1 aromatic rings. The standard InChI is InChI=1S/C15H21N3O2/c1-11(2)10-17-14(19)12-5-6-16-13(9-12)15(20)18-7-3-4-8-18/h5-6,9,11H,3-4,7-8,10H2,1-2H3,(H,17,19). The molecule has 0 saturated carbocycles. The van der Waals surface area contributed by atoms with E-state index in [-0.39, 0.29) is 11.8 Å². The average molecular weight is 275 g/mol. The van der Waals surface area contributed by atoms with Crippen LogP contribution < -0.4 is 5.32 Å². The minimum atomic E-state index is -0.156. The van der Waals surface area contributed by atoms with E-state index in [4.69, 9.17) is 0 Å². The highest BCUT2D eigenvalue weighted by Crippen LogP contribution is 2.12. The third-order valence-corrected chi connectivity index (χ3v) is 3.31. The van der Waals surface area contributed by atoms with E-state index in [0.717, 1.165) is 25.9 Å². The molecule has 108 valence electrons. The maximum absolute atomic E-state index is 12.2. The Morgan fingerprint density at radius 3 is 2.70 bits per heavy atom. The second-order valence-electron chi connectivity index (χ2n) is 5.53. The van der Waals surface area contributed by atoms with Crippen LogP contribution >= 0.6 is 0 Å². The Bertz CT molecular complexity index is 494. The van der Waals surface area contributed by atoms with Crippen LogP contribution in [0.15, 0.2) is 18.3 Å². The normalized spacial score (nSPS) is 14.7. The van der Waals surface area contributed by atoms with Crippen molar-refractivity contribution in [1.29, 1.82) is 0 Å². The summed E-state index contributed by atoms with van der Waals surface area (Å²) in [4.78, 5) is 30.1. The van der Waals surface area contributed by atoms with Gasteiger partial charge in [-0.15, -0.1) is 0 Å². The second kappa shape index (κ2) is 6.50. The SMILES string of the molecule is CC(C)CNC(=O)c1ccnc(C(=O)N2CCCC2)c1. The Kier molecular flexibility index (Phi) is 4.71. The lowest BCUT2D eigenvalue weighted by Gasteiger charge is -2.15. The van der Waals surface area contributed by atoms with Crippen LogP contribution in [-0.4, -0.2) is 41.3 Å². The van der Waals surface area contributed by atoms with Crippen molar-refractivity contribution in [2.45, 2.75) is 26.7 Å². The summed E-state index contributed by atoms with van der Waals surface area (Å²) < 4.78 is 0. The van der Waals surface area contributed by atoms with Gasteiger partial charge in [-0.1, -0.05) is 13.8 Å². The molecule has 0 aromatic carbocycles. The van der Waals surface area contributed by atoms with E-state index >= 15 is 0 Å². The molecular formula is C15H21N3O2. The Morgan fingerprint density at radius 1 is 1.35 bits per heavy atom. The number of hydrogen-bond donors (Lipinski definition) is 1. The molecule has 1 aliphatic rings. The van der Waals surface area contributed by atoms with Gasteiger partial charge in [0.25, 0.3) is 11.8 Å². The molecule has 1 aliphatic heterocycles. The largest absolute Gasteiger partial charge is 0.352 e. The van der Waals surface area contributed by atoms with Crippen molar-refractivity contribution in [2.75, 3.05) is 19.6 Å². The minimum absolute atomic E-state index is 0.0824. The summed E-state index contributed by atoms with van der Waals surface area (Å²) in [7, 11) is 0. The molecular weight excluding hydrogens is 254 g/mol. The highest BCUT2D eigenvalue weighted by molar-refractivity contribution is 5.98. The van der Waals surface area contributed by atoms with Crippen molar-refractivity contribution >= 4 is 11.8 Å². The molecule has 2 rings (SSSR count). The maximum Gasteiger partial charge on any atom is 0.272 e. The second-order valence-corrected chi connectivity index (χ2v) is 5.53. The molecule has 0 unspecified atom stereocenters. The van der Waals surface area contributed by atoms with Gasteiger partial charge in [0.2, 0.25) is 0 Å². The number of carbonyl (C=O) groups excluding carboxylic acids is 2. The van der Waals surface area contributed by atoms with Gasteiger partial charge >= 0.3 is 0 Å². The minimum Gasteiger partial charge on any atom is -0.352 e. The highest BCUT2D eigenvalue weighted by Gasteiger charge is 2.21. The third kappa shape index (κ3) is 3.56. The fourth-order valence-electron chi connectivity index (χ4n) is 2.17. The zero-order valence-electron chi connectivity index (χ0n) is 12.1. The van der Waals surface area contributed by atoms with Gasteiger partial charge in [-0.25, -0.2) is 0 Å². The van der Waals surface area contributed by atoms with Crippen LogP contribution in [-0.2, 0) is 0 Å². The van der Waals surface area contributed by atoms with E-state index in [0.29, 0.717) is 23.7 Å². The van der Waals surface area contributed by atoms with E-state index in [1.165, 1.54) is 6.20 Å². The fourth-order valence-corrected chi connectivity index (χ4v) is 2.17. The lowest BCUT2D eigenvalue weighted by Crippen LogP contribution is -2.30. The molecule has 2 heterocycles. The molecule has 1 fully saturated rings. The zero-order chi connectivity index (χ0) is 14.5. The molecule has 20 heavy (non-hydrogen) atoms. The maximum atomic E-state index is 12.2. The number of aromatic nitrogens is 1. The number of carbonyl (C=O) groups is 2. The Morgan fingerprint density at radius 2 is 2.05 bits per heavy atom. The van der Waals surface area contributed by atoms with Crippen LogP contribution in [0.4, 0.5) is 0 Å². The van der Waals surface area contributed by atoms with Crippen molar-refractivity contribution in [1.82, 2.24) is 15.2 Å². The first-order valence-electron chi connectivity index (χ1n) is 7.11. The quantitative estimate of drug-likeness (QED) is 0.909. The molecule has 2 amide bonds. The molecule has 1 saturated heterocycles. The molecule has 0 atom stereocenters. The molecule has 0 aliphatic carbocycles. The van der Waals surface area contributed by atoms with Gasteiger partial charge < -0.3 is 10.2 Å². The highest BCUT2D eigenvalue weighted by atomic mass is 16.2. The van der Waals surface area contributed by atoms with E-state index in [9.17, 15) is 9.59 Å². The number of likely N-dealkylation sites (tertiary alicyclic amines) is 1. The lowest BCUT2D eigenvalue weighted by molar-refractivity contribution is 0.0787. The lowest BCUT2D eigenvalue weighted by atomic mass is 10.2. The number of amides is 2. The summed E-state index contributed by atoms with van der Waals surface area (Å²) in [6.45, 7) is 6.26. The van der Waals surface area contributed by atoms with Crippen molar-refractivity contribution in [3.8, 4) is 0 Å². The van der Waals surface area contributed by atoms with Crippen LogP contribution in [0.3, 0.4) is 0 Å². The fraction of sp³-hybridized carbons (Fsp3) is 0.533. The van der Waals surface area contributed by atoms with E-state index < -0.39 is 0 Å². The Balaban J connectivity index is 2.07. The first-order chi connectivity index (χ1) is 9.58. The van der Waals surface area contributed by atoms with Crippen molar-refractivity contribution in [3.63, 3.8) is 0 Å². The molecule has 1 aromatic heterocycles. The van der Waals surface area contributed by atoms with E-state index in [2.05, 4.69) is 10.3 Å². The van der Waals surface area contributed by atoms with Crippen molar-refractivity contribution < 1.29 is 9.59 Å². The monoisotopic (exact) mass is 275 g/mol. The van der Waals surface area contributed by atoms with Crippen molar-refractivity contribution in [2.24, 2.45) is 5.92 Å². The van der Waals surface area contributed by atoms with Crippen LogP contribution in [0.5, 0.6) is 0 Å². The summed E-state index contributed by atoms with van der Waals surface area (Å²) >= 11 is 0. The first kappa shape index (κ1) is 14.5. The molecule has 1 N–H and O–H groups in total. The molecule has 0 bridgehead atoms. The van der Waals surface area contributed by atoms with Gasteiger partial charge in [0.15, 0.2) is 0 Å². The summed E-state index contributed by atoms with van der Waals surface area (Å²) in [5, 5.41) is 2.84. The summed E-state index contributed by atoms with van der Waals surface area (Å²) in [5.41, 5.74) is 0.840. The van der Waals surface area contributed by atoms with Crippen LogP contribution in [0.2, 0.25) is 0 Å². The predicted molar refractivity (Wildman–Crippen MR) is 76.5 cm³/mol. The number of nitrogens with zero attached hydrogens (tertiary/aromatic N) is 2.